The van der Waals surface area contributed by atoms with Gasteiger partial charge in [0, 0.05) is 38.0 Å². The number of morpholine rings is 1. The van der Waals surface area contributed by atoms with Crippen LogP contribution in [0, 0.1) is 0 Å². The van der Waals surface area contributed by atoms with Gasteiger partial charge in [-0.05, 0) is 11.6 Å². The van der Waals surface area contributed by atoms with Crippen LogP contribution in [0.15, 0.2) is 24.4 Å². The van der Waals surface area contributed by atoms with Crippen molar-refractivity contribution in [2.75, 3.05) is 32.8 Å². The third kappa shape index (κ3) is 3.01. The molecule has 0 saturated carbocycles. The SMILES string of the molecule is O=C([C@@H]1C[C@@H](F)CN1Cc1ccc2cn[nH]c2c1)N1CCOCC1. The van der Waals surface area contributed by atoms with Gasteiger partial charge in [-0.1, -0.05) is 12.1 Å². The van der Waals surface area contributed by atoms with E-state index < -0.39 is 6.17 Å². The summed E-state index contributed by atoms with van der Waals surface area (Å²) in [5.74, 6) is 0.0288. The minimum absolute atomic E-state index is 0.0288. The van der Waals surface area contributed by atoms with Gasteiger partial charge in [0.25, 0.3) is 0 Å². The van der Waals surface area contributed by atoms with Crippen LogP contribution in [-0.4, -0.2) is 71.0 Å². The normalized spacial score (nSPS) is 25.5. The van der Waals surface area contributed by atoms with Gasteiger partial charge in [0.2, 0.25) is 5.91 Å². The first-order chi connectivity index (χ1) is 11.7. The van der Waals surface area contributed by atoms with Crippen LogP contribution >= 0.6 is 0 Å². The topological polar surface area (TPSA) is 61.5 Å². The number of aromatic nitrogens is 2. The third-order valence-electron chi connectivity index (χ3n) is 4.85. The maximum Gasteiger partial charge on any atom is 0.240 e. The van der Waals surface area contributed by atoms with Crippen molar-refractivity contribution in [2.24, 2.45) is 0 Å². The Labute approximate surface area is 139 Å². The molecule has 6 nitrogen and oxygen atoms in total. The fraction of sp³-hybridized carbons (Fsp3) is 0.529. The van der Waals surface area contributed by atoms with Crippen molar-refractivity contribution in [3.05, 3.63) is 30.0 Å². The second kappa shape index (κ2) is 6.49. The second-order valence-electron chi connectivity index (χ2n) is 6.51. The van der Waals surface area contributed by atoms with Crippen LogP contribution in [0.4, 0.5) is 4.39 Å². The molecule has 2 saturated heterocycles. The average Bonchev–Trinajstić information content (AvgIpc) is 3.21. The molecule has 24 heavy (non-hydrogen) atoms. The lowest BCUT2D eigenvalue weighted by Gasteiger charge is -2.32. The van der Waals surface area contributed by atoms with Crippen LogP contribution in [-0.2, 0) is 16.1 Å². The van der Waals surface area contributed by atoms with Gasteiger partial charge in [0.05, 0.1) is 31.0 Å². The number of hydrogen-bond acceptors (Lipinski definition) is 4. The molecule has 3 heterocycles. The molecule has 2 fully saturated rings. The van der Waals surface area contributed by atoms with Crippen molar-refractivity contribution in [1.82, 2.24) is 20.0 Å². The highest BCUT2D eigenvalue weighted by Crippen LogP contribution is 2.25. The minimum Gasteiger partial charge on any atom is -0.378 e. The van der Waals surface area contributed by atoms with E-state index in [1.165, 1.54) is 0 Å². The standard InChI is InChI=1S/C17H21FN4O2/c18-14-8-16(17(23)21-3-5-24-6-4-21)22(11-14)10-12-1-2-13-9-19-20-15(13)7-12/h1-2,7,9,14,16H,3-6,8,10-11H2,(H,19,20)/t14-,16+/m1/s1. The van der Waals surface area contributed by atoms with E-state index in [0.717, 1.165) is 16.5 Å². The van der Waals surface area contributed by atoms with E-state index in [4.69, 9.17) is 4.74 Å². The average molecular weight is 332 g/mol. The van der Waals surface area contributed by atoms with E-state index >= 15 is 0 Å². The van der Waals surface area contributed by atoms with Gasteiger partial charge in [0.1, 0.15) is 6.17 Å². The number of fused-ring (bicyclic) bond motifs is 1. The molecule has 1 aromatic carbocycles. The summed E-state index contributed by atoms with van der Waals surface area (Å²) in [5, 5.41) is 8.01. The fourth-order valence-electron chi connectivity index (χ4n) is 3.59. The zero-order valence-electron chi connectivity index (χ0n) is 13.4. The van der Waals surface area contributed by atoms with Crippen molar-refractivity contribution in [3.8, 4) is 0 Å². The lowest BCUT2D eigenvalue weighted by molar-refractivity contribution is -0.140. The number of carbonyl (C=O) groups is 1. The minimum atomic E-state index is -0.948. The number of nitrogens with one attached hydrogen (secondary N) is 1. The number of alkyl halides is 1. The van der Waals surface area contributed by atoms with E-state index in [0.29, 0.717) is 39.4 Å². The van der Waals surface area contributed by atoms with Crippen LogP contribution in [0.3, 0.4) is 0 Å². The third-order valence-corrected chi connectivity index (χ3v) is 4.85. The number of nitrogens with zero attached hydrogens (tertiary/aromatic N) is 3. The zero-order valence-corrected chi connectivity index (χ0v) is 13.4. The fourth-order valence-corrected chi connectivity index (χ4v) is 3.59. The highest BCUT2D eigenvalue weighted by atomic mass is 19.1. The number of rotatable bonds is 3. The van der Waals surface area contributed by atoms with Crippen LogP contribution in [0.2, 0.25) is 0 Å². The smallest absolute Gasteiger partial charge is 0.240 e. The number of hydrogen-bond donors (Lipinski definition) is 1. The Balaban J connectivity index is 1.50. The van der Waals surface area contributed by atoms with Crippen molar-refractivity contribution in [1.29, 1.82) is 0 Å². The predicted octanol–water partition coefficient (Wildman–Crippen LogP) is 1.33. The van der Waals surface area contributed by atoms with Gasteiger partial charge in [0.15, 0.2) is 0 Å². The number of H-pyrrole nitrogens is 1. The van der Waals surface area contributed by atoms with E-state index in [1.54, 1.807) is 11.1 Å². The lowest BCUT2D eigenvalue weighted by atomic mass is 10.1. The molecule has 2 aliphatic heterocycles. The van der Waals surface area contributed by atoms with Crippen molar-refractivity contribution < 1.29 is 13.9 Å². The Morgan fingerprint density at radius 2 is 2.21 bits per heavy atom. The van der Waals surface area contributed by atoms with Crippen LogP contribution in [0.5, 0.6) is 0 Å². The number of benzene rings is 1. The number of aromatic amines is 1. The van der Waals surface area contributed by atoms with Gasteiger partial charge in [-0.3, -0.25) is 14.8 Å². The van der Waals surface area contributed by atoms with E-state index in [9.17, 15) is 9.18 Å². The van der Waals surface area contributed by atoms with Gasteiger partial charge in [-0.15, -0.1) is 0 Å². The summed E-state index contributed by atoms with van der Waals surface area (Å²) in [4.78, 5) is 16.5. The summed E-state index contributed by atoms with van der Waals surface area (Å²) in [5.41, 5.74) is 2.01. The van der Waals surface area contributed by atoms with E-state index in [-0.39, 0.29) is 18.4 Å². The first-order valence-electron chi connectivity index (χ1n) is 8.37. The predicted molar refractivity (Wildman–Crippen MR) is 87.2 cm³/mol. The maximum absolute atomic E-state index is 14.0. The Bertz CT molecular complexity index is 728. The Morgan fingerprint density at radius 3 is 3.04 bits per heavy atom. The van der Waals surface area contributed by atoms with Crippen molar-refractivity contribution >= 4 is 16.8 Å². The highest BCUT2D eigenvalue weighted by molar-refractivity contribution is 5.82. The maximum atomic E-state index is 14.0. The molecule has 2 aromatic rings. The molecule has 1 amide bonds. The van der Waals surface area contributed by atoms with Crippen LogP contribution in [0.25, 0.3) is 10.9 Å². The first-order valence-corrected chi connectivity index (χ1v) is 8.37. The number of ether oxygens (including phenoxy) is 1. The second-order valence-corrected chi connectivity index (χ2v) is 6.51. The van der Waals surface area contributed by atoms with Crippen molar-refractivity contribution in [2.45, 2.75) is 25.2 Å². The Morgan fingerprint density at radius 1 is 1.38 bits per heavy atom. The van der Waals surface area contributed by atoms with Crippen molar-refractivity contribution in [3.63, 3.8) is 0 Å². The molecular weight excluding hydrogens is 311 g/mol. The Kier molecular flexibility index (Phi) is 4.20. The quantitative estimate of drug-likeness (QED) is 0.921. The molecule has 128 valence electrons. The molecule has 0 spiro atoms. The largest absolute Gasteiger partial charge is 0.378 e. The van der Waals surface area contributed by atoms with Crippen LogP contribution in [0.1, 0.15) is 12.0 Å². The molecule has 0 unspecified atom stereocenters. The summed E-state index contributed by atoms with van der Waals surface area (Å²) in [7, 11) is 0. The molecule has 7 heteroatoms. The monoisotopic (exact) mass is 332 g/mol. The molecule has 1 aromatic heterocycles. The summed E-state index contributed by atoms with van der Waals surface area (Å²) in [6.45, 7) is 3.19. The van der Waals surface area contributed by atoms with Gasteiger partial charge < -0.3 is 9.64 Å². The van der Waals surface area contributed by atoms with E-state index in [1.807, 2.05) is 23.1 Å². The Hall–Kier alpha value is -1.99. The number of halogens is 1. The molecular formula is C17H21FN4O2. The van der Waals surface area contributed by atoms with Gasteiger partial charge in [-0.25, -0.2) is 4.39 Å². The van der Waals surface area contributed by atoms with Gasteiger partial charge in [-0.2, -0.15) is 5.10 Å². The molecule has 1 N–H and O–H groups in total. The van der Waals surface area contributed by atoms with E-state index in [2.05, 4.69) is 10.2 Å². The number of likely N-dealkylation sites (tertiary alicyclic amines) is 1. The number of carbonyl (C=O) groups excluding carboxylic acids is 1. The summed E-state index contributed by atoms with van der Waals surface area (Å²) < 4.78 is 19.3. The molecule has 0 aliphatic carbocycles. The highest BCUT2D eigenvalue weighted by Gasteiger charge is 2.39. The van der Waals surface area contributed by atoms with Crippen LogP contribution < -0.4 is 0 Å². The van der Waals surface area contributed by atoms with Gasteiger partial charge >= 0.3 is 0 Å². The first kappa shape index (κ1) is 15.5. The molecule has 2 atom stereocenters. The summed E-state index contributed by atoms with van der Waals surface area (Å²) in [6, 6.07) is 5.65. The summed E-state index contributed by atoms with van der Waals surface area (Å²) in [6.07, 6.45) is 1.11. The number of amides is 1. The zero-order chi connectivity index (χ0) is 16.5. The molecule has 0 bridgehead atoms. The molecule has 0 radical (unpaired) electrons. The summed E-state index contributed by atoms with van der Waals surface area (Å²) >= 11 is 0. The molecule has 2 aliphatic rings. The lowest BCUT2D eigenvalue weighted by Crippen LogP contribution is -2.49. The molecule has 4 rings (SSSR count).